The third-order valence-electron chi connectivity index (χ3n) is 2.33. The minimum absolute atomic E-state index is 0.151. The van der Waals surface area contributed by atoms with Crippen molar-refractivity contribution in [3.8, 4) is 5.75 Å². The second-order valence-electron chi connectivity index (χ2n) is 4.54. The molecule has 100 valence electrons. The Bertz CT molecular complexity index is 410. The highest BCUT2D eigenvalue weighted by Crippen LogP contribution is 2.26. The zero-order valence-corrected chi connectivity index (χ0v) is 11.3. The lowest BCUT2D eigenvalue weighted by Crippen LogP contribution is -2.19. The monoisotopic (exact) mass is 252 g/mol. The Labute approximate surface area is 108 Å². The molecule has 0 radical (unpaired) electrons. The van der Waals surface area contributed by atoms with Crippen molar-refractivity contribution >= 4 is 5.97 Å². The van der Waals surface area contributed by atoms with Crippen molar-refractivity contribution in [1.29, 1.82) is 0 Å². The molecule has 0 aliphatic rings. The van der Waals surface area contributed by atoms with Crippen molar-refractivity contribution in [1.82, 2.24) is 0 Å². The van der Waals surface area contributed by atoms with Crippen LogP contribution in [0.2, 0.25) is 0 Å². The number of hydrogen-bond acceptors (Lipinski definition) is 4. The number of rotatable bonds is 5. The Kier molecular flexibility index (Phi) is 5.16. The zero-order valence-electron chi connectivity index (χ0n) is 11.3. The highest BCUT2D eigenvalue weighted by Gasteiger charge is 2.12. The van der Waals surface area contributed by atoms with Gasteiger partial charge in [0.25, 0.3) is 0 Å². The molecule has 0 aliphatic carbocycles. The number of aliphatic hydroxyl groups is 1. The van der Waals surface area contributed by atoms with Crippen molar-refractivity contribution in [2.75, 3.05) is 6.61 Å². The first-order valence-electron chi connectivity index (χ1n) is 6.01. The maximum absolute atomic E-state index is 11.4. The van der Waals surface area contributed by atoms with Crippen LogP contribution in [0.5, 0.6) is 5.75 Å². The molecule has 4 nitrogen and oxygen atoms in total. The third kappa shape index (κ3) is 4.37. The first kappa shape index (κ1) is 14.5. The molecule has 4 heteroatoms. The van der Waals surface area contributed by atoms with E-state index in [-0.39, 0.29) is 12.7 Å². The quantitative estimate of drug-likeness (QED) is 0.817. The maximum Gasteiger partial charge on any atom is 0.344 e. The van der Waals surface area contributed by atoms with E-state index in [1.54, 1.807) is 32.9 Å². The van der Waals surface area contributed by atoms with Gasteiger partial charge < -0.3 is 14.6 Å². The number of ether oxygens (including phenoxy) is 2. The van der Waals surface area contributed by atoms with Gasteiger partial charge in [0, 0.05) is 5.56 Å². The topological polar surface area (TPSA) is 55.8 Å². The number of aliphatic hydroxyl groups excluding tert-OH is 1. The van der Waals surface area contributed by atoms with Crippen LogP contribution in [0.1, 0.15) is 38.0 Å². The minimum atomic E-state index is -0.637. The number of carbonyl (C=O) groups excluding carboxylic acids is 1. The normalized spacial score (nSPS) is 12.3. The molecule has 0 spiro atoms. The summed E-state index contributed by atoms with van der Waals surface area (Å²) in [6, 6.07) is 5.48. The molecule has 1 atom stereocenters. The average molecular weight is 252 g/mol. The summed E-state index contributed by atoms with van der Waals surface area (Å²) in [7, 11) is 0. The second-order valence-corrected chi connectivity index (χ2v) is 4.54. The summed E-state index contributed by atoms with van der Waals surface area (Å²) in [5.74, 6) is 0.105. The molecule has 1 aromatic rings. The van der Waals surface area contributed by atoms with Gasteiger partial charge in [-0.3, -0.25) is 0 Å². The zero-order chi connectivity index (χ0) is 13.7. The van der Waals surface area contributed by atoms with Crippen molar-refractivity contribution in [2.24, 2.45) is 0 Å². The van der Waals surface area contributed by atoms with Gasteiger partial charge in [-0.2, -0.15) is 0 Å². The second kappa shape index (κ2) is 6.40. The molecule has 0 saturated carbocycles. The summed E-state index contributed by atoms with van der Waals surface area (Å²) in [6.07, 6.45) is -0.795. The molecule has 0 fully saturated rings. The van der Waals surface area contributed by atoms with Gasteiger partial charge in [0.05, 0.1) is 12.2 Å². The van der Waals surface area contributed by atoms with Crippen molar-refractivity contribution < 1.29 is 19.4 Å². The number of hydrogen-bond donors (Lipinski definition) is 1. The summed E-state index contributed by atoms with van der Waals surface area (Å²) in [5.41, 5.74) is 1.67. The Balaban J connectivity index is 2.71. The standard InChI is InChI=1S/C14H20O4/c1-9(2)18-14(16)8-17-13-7-10(3)5-6-12(13)11(4)15/h5-7,9,11,15H,8H2,1-4H3. The first-order valence-corrected chi connectivity index (χ1v) is 6.01. The maximum atomic E-state index is 11.4. The van der Waals surface area contributed by atoms with Gasteiger partial charge in [-0.05, 0) is 39.3 Å². The van der Waals surface area contributed by atoms with Crippen LogP contribution < -0.4 is 4.74 Å². The van der Waals surface area contributed by atoms with E-state index in [0.29, 0.717) is 11.3 Å². The van der Waals surface area contributed by atoms with Crippen molar-refractivity contribution in [2.45, 2.75) is 39.9 Å². The van der Waals surface area contributed by atoms with Crippen LogP contribution >= 0.6 is 0 Å². The van der Waals surface area contributed by atoms with Crippen LogP contribution in [-0.4, -0.2) is 23.8 Å². The fraction of sp³-hybridized carbons (Fsp3) is 0.500. The van der Waals surface area contributed by atoms with Gasteiger partial charge in [0.2, 0.25) is 0 Å². The van der Waals surface area contributed by atoms with Crippen LogP contribution in [0.3, 0.4) is 0 Å². The summed E-state index contributed by atoms with van der Waals surface area (Å²) in [6.45, 7) is 6.99. The number of esters is 1. The lowest BCUT2D eigenvalue weighted by atomic mass is 10.1. The molecule has 1 aromatic carbocycles. The van der Waals surface area contributed by atoms with Crippen molar-refractivity contribution in [3.63, 3.8) is 0 Å². The Morgan fingerprint density at radius 3 is 2.56 bits per heavy atom. The number of carbonyl (C=O) groups is 1. The van der Waals surface area contributed by atoms with E-state index in [0.717, 1.165) is 5.56 Å². The summed E-state index contributed by atoms with van der Waals surface area (Å²) in [5, 5.41) is 9.61. The van der Waals surface area contributed by atoms with Crippen LogP contribution in [0.25, 0.3) is 0 Å². The molecule has 0 aliphatic heterocycles. The molecular weight excluding hydrogens is 232 g/mol. The van der Waals surface area contributed by atoms with Gasteiger partial charge in [-0.15, -0.1) is 0 Å². The van der Waals surface area contributed by atoms with E-state index >= 15 is 0 Å². The van der Waals surface area contributed by atoms with E-state index in [4.69, 9.17) is 9.47 Å². The SMILES string of the molecule is Cc1ccc(C(C)O)c(OCC(=O)OC(C)C)c1. The minimum Gasteiger partial charge on any atom is -0.482 e. The van der Waals surface area contributed by atoms with E-state index in [1.807, 2.05) is 13.0 Å². The summed E-state index contributed by atoms with van der Waals surface area (Å²) < 4.78 is 10.4. The fourth-order valence-corrected chi connectivity index (χ4v) is 1.55. The number of aryl methyl sites for hydroxylation is 1. The van der Waals surface area contributed by atoms with Gasteiger partial charge in [0.1, 0.15) is 5.75 Å². The lowest BCUT2D eigenvalue weighted by molar-refractivity contribution is -0.149. The first-order chi connectivity index (χ1) is 8.40. The van der Waals surface area contributed by atoms with Crippen LogP contribution in [-0.2, 0) is 9.53 Å². The molecule has 0 heterocycles. The molecule has 0 aromatic heterocycles. The predicted octanol–water partition coefficient (Wildman–Crippen LogP) is 2.38. The molecule has 1 N–H and O–H groups in total. The molecule has 0 bridgehead atoms. The highest BCUT2D eigenvalue weighted by atomic mass is 16.6. The smallest absolute Gasteiger partial charge is 0.344 e. The van der Waals surface area contributed by atoms with Crippen LogP contribution in [0.4, 0.5) is 0 Å². The molecule has 18 heavy (non-hydrogen) atoms. The Hall–Kier alpha value is -1.55. The molecule has 1 unspecified atom stereocenters. The predicted molar refractivity (Wildman–Crippen MR) is 68.5 cm³/mol. The van der Waals surface area contributed by atoms with Gasteiger partial charge in [-0.1, -0.05) is 12.1 Å². The highest BCUT2D eigenvalue weighted by molar-refractivity contribution is 5.71. The largest absolute Gasteiger partial charge is 0.482 e. The van der Waals surface area contributed by atoms with Crippen LogP contribution in [0.15, 0.2) is 18.2 Å². The third-order valence-corrected chi connectivity index (χ3v) is 2.33. The average Bonchev–Trinajstić information content (AvgIpc) is 2.25. The van der Waals surface area contributed by atoms with Crippen molar-refractivity contribution in [3.05, 3.63) is 29.3 Å². The van der Waals surface area contributed by atoms with Gasteiger partial charge in [-0.25, -0.2) is 4.79 Å². The van der Waals surface area contributed by atoms with Crippen LogP contribution in [0, 0.1) is 6.92 Å². The van der Waals surface area contributed by atoms with E-state index < -0.39 is 12.1 Å². The molecule has 1 rings (SSSR count). The Morgan fingerprint density at radius 1 is 1.33 bits per heavy atom. The fourth-order valence-electron chi connectivity index (χ4n) is 1.55. The Morgan fingerprint density at radius 2 is 2.00 bits per heavy atom. The lowest BCUT2D eigenvalue weighted by Gasteiger charge is -2.14. The van der Waals surface area contributed by atoms with E-state index in [2.05, 4.69) is 0 Å². The van der Waals surface area contributed by atoms with E-state index in [9.17, 15) is 9.90 Å². The molecule has 0 amide bonds. The molecule has 0 saturated heterocycles. The van der Waals surface area contributed by atoms with E-state index in [1.165, 1.54) is 0 Å². The van der Waals surface area contributed by atoms with Gasteiger partial charge in [0.15, 0.2) is 6.61 Å². The summed E-state index contributed by atoms with van der Waals surface area (Å²) >= 11 is 0. The number of benzene rings is 1. The molecular formula is C14H20O4. The summed E-state index contributed by atoms with van der Waals surface area (Å²) in [4.78, 5) is 11.4. The van der Waals surface area contributed by atoms with Gasteiger partial charge >= 0.3 is 5.97 Å².